The van der Waals surface area contributed by atoms with Gasteiger partial charge in [0.1, 0.15) is 17.8 Å². The molecule has 0 N–H and O–H groups in total. The molecule has 0 aliphatic rings. The van der Waals surface area contributed by atoms with Gasteiger partial charge >= 0.3 is 0 Å². The van der Waals surface area contributed by atoms with E-state index in [0.29, 0.717) is 0 Å². The van der Waals surface area contributed by atoms with Gasteiger partial charge in [-0.05, 0) is 48.5 Å². The summed E-state index contributed by atoms with van der Waals surface area (Å²) in [5.41, 5.74) is 6.81. The van der Waals surface area contributed by atoms with Crippen LogP contribution in [0.1, 0.15) is 0 Å². The van der Waals surface area contributed by atoms with E-state index in [1.165, 1.54) is 0 Å². The van der Waals surface area contributed by atoms with E-state index in [-0.39, 0.29) is 0 Å². The summed E-state index contributed by atoms with van der Waals surface area (Å²) < 4.78 is 15.0. The lowest BCUT2D eigenvalue weighted by Crippen LogP contribution is -2.13. The number of hydrogen-bond donors (Lipinski definition) is 0. The average molecular weight is 499 g/mol. The third-order valence-corrected chi connectivity index (χ3v) is 6.52. The largest absolute Gasteiger partial charge is 0.497 e. The second-order valence-corrected chi connectivity index (χ2v) is 8.76. The molecule has 4 aromatic carbocycles. The van der Waals surface area contributed by atoms with Crippen LogP contribution in [-0.4, -0.2) is 33.5 Å². The molecule has 6 heteroatoms. The van der Waals surface area contributed by atoms with Crippen molar-refractivity contribution in [3.05, 3.63) is 122 Å². The van der Waals surface area contributed by atoms with Gasteiger partial charge < -0.3 is 9.47 Å². The minimum Gasteiger partial charge on any atom is -0.497 e. The summed E-state index contributed by atoms with van der Waals surface area (Å²) in [5.74, 6) is 2.37. The molecule has 6 aromatic rings. The Labute approximate surface area is 221 Å². The second-order valence-electron chi connectivity index (χ2n) is 8.76. The normalized spacial score (nSPS) is 10.9. The minimum atomic E-state index is 0.785. The van der Waals surface area contributed by atoms with Crippen LogP contribution >= 0.6 is 0 Å². The fourth-order valence-electron chi connectivity index (χ4n) is 4.62. The van der Waals surface area contributed by atoms with Gasteiger partial charge in [-0.3, -0.25) is 0 Å². The van der Waals surface area contributed by atoms with Crippen molar-refractivity contribution in [1.29, 1.82) is 0 Å². The number of rotatable bonds is 7. The number of ether oxygens (including phenoxy) is 2. The van der Waals surface area contributed by atoms with Gasteiger partial charge in [0, 0.05) is 22.3 Å². The zero-order valence-corrected chi connectivity index (χ0v) is 21.2. The van der Waals surface area contributed by atoms with E-state index in [0.717, 1.165) is 56.7 Å². The van der Waals surface area contributed by atoms with E-state index in [9.17, 15) is 0 Å². The summed E-state index contributed by atoms with van der Waals surface area (Å²) in [7, 11) is 3.34. The van der Waals surface area contributed by atoms with Crippen molar-refractivity contribution in [3.8, 4) is 56.7 Å². The first-order valence-electron chi connectivity index (χ1n) is 12.3. The molecule has 0 radical (unpaired) electrons. The SMILES string of the molecule is COc1ccc(-c2nc(-c3ccc(OC)cc3)n(-n3cncc3-c3ccccc3)c2-c2ccccc2)cc1. The maximum absolute atomic E-state index is 5.42. The van der Waals surface area contributed by atoms with Crippen LogP contribution in [0.4, 0.5) is 0 Å². The molecule has 0 aliphatic heterocycles. The van der Waals surface area contributed by atoms with E-state index < -0.39 is 0 Å². The predicted molar refractivity (Wildman–Crippen MR) is 150 cm³/mol. The number of hydrogen-bond acceptors (Lipinski definition) is 4. The molecule has 0 bridgehead atoms. The minimum absolute atomic E-state index is 0.785. The summed E-state index contributed by atoms with van der Waals surface area (Å²) in [5, 5.41) is 0. The van der Waals surface area contributed by atoms with Crippen molar-refractivity contribution in [3.63, 3.8) is 0 Å². The van der Waals surface area contributed by atoms with E-state index in [2.05, 4.69) is 38.6 Å². The molecular weight excluding hydrogens is 472 g/mol. The van der Waals surface area contributed by atoms with Crippen LogP contribution < -0.4 is 9.47 Å². The Kier molecular flexibility index (Phi) is 6.20. The van der Waals surface area contributed by atoms with Gasteiger partial charge in [0.05, 0.1) is 37.5 Å². The third-order valence-electron chi connectivity index (χ3n) is 6.52. The van der Waals surface area contributed by atoms with Gasteiger partial charge in [-0.15, -0.1) is 0 Å². The predicted octanol–water partition coefficient (Wildman–Crippen LogP) is 7.08. The van der Waals surface area contributed by atoms with Crippen molar-refractivity contribution in [2.75, 3.05) is 14.2 Å². The standard InChI is InChI=1S/C32H26N4O2/c1-37-27-17-13-24(14-18-27)30-31(25-11-7-4-8-12-25)36(32(34-30)26-15-19-28(38-2)20-16-26)35-22-33-21-29(35)23-9-5-3-6-10-23/h3-22H,1-2H3. The zero-order valence-electron chi connectivity index (χ0n) is 21.2. The Bertz CT molecular complexity index is 1650. The number of nitrogens with zero attached hydrogens (tertiary/aromatic N) is 4. The quantitative estimate of drug-likeness (QED) is 0.236. The molecule has 0 amide bonds. The van der Waals surface area contributed by atoms with E-state index in [1.807, 2.05) is 97.5 Å². The molecule has 6 rings (SSSR count). The van der Waals surface area contributed by atoms with Gasteiger partial charge in [0.25, 0.3) is 0 Å². The molecular formula is C32H26N4O2. The number of aromatic nitrogens is 4. The van der Waals surface area contributed by atoms with Gasteiger partial charge in [0.2, 0.25) is 0 Å². The Hall–Kier alpha value is -5.10. The maximum atomic E-state index is 5.42. The first kappa shape index (κ1) is 23.3. The van der Waals surface area contributed by atoms with Crippen LogP contribution in [0.5, 0.6) is 11.5 Å². The van der Waals surface area contributed by atoms with Crippen molar-refractivity contribution in [2.45, 2.75) is 0 Å². The Morgan fingerprint density at radius 3 is 1.71 bits per heavy atom. The van der Waals surface area contributed by atoms with E-state index >= 15 is 0 Å². The number of methoxy groups -OCH3 is 2. The number of benzene rings is 4. The first-order chi connectivity index (χ1) is 18.8. The Morgan fingerprint density at radius 2 is 1.13 bits per heavy atom. The lowest BCUT2D eigenvalue weighted by atomic mass is 10.0. The second kappa shape index (κ2) is 10.1. The molecule has 6 nitrogen and oxygen atoms in total. The van der Waals surface area contributed by atoms with Gasteiger partial charge in [-0.1, -0.05) is 60.7 Å². The Balaban J connectivity index is 1.68. The summed E-state index contributed by atoms with van der Waals surface area (Å²) in [6.07, 6.45) is 3.72. The van der Waals surface area contributed by atoms with Gasteiger partial charge in [0.15, 0.2) is 5.82 Å². The fraction of sp³-hybridized carbons (Fsp3) is 0.0625. The van der Waals surface area contributed by atoms with Crippen LogP contribution in [0.25, 0.3) is 45.2 Å². The molecule has 0 aliphatic carbocycles. The molecule has 0 saturated heterocycles. The summed E-state index contributed by atoms with van der Waals surface area (Å²) >= 11 is 0. The lowest BCUT2D eigenvalue weighted by molar-refractivity contribution is 0.415. The summed E-state index contributed by atoms with van der Waals surface area (Å²) in [6.45, 7) is 0. The third kappa shape index (κ3) is 4.22. The highest BCUT2D eigenvalue weighted by atomic mass is 16.5. The van der Waals surface area contributed by atoms with Crippen LogP contribution in [0.2, 0.25) is 0 Å². The van der Waals surface area contributed by atoms with Gasteiger partial charge in [-0.25, -0.2) is 19.3 Å². The topological polar surface area (TPSA) is 54.1 Å². The van der Waals surface area contributed by atoms with Crippen LogP contribution in [-0.2, 0) is 0 Å². The van der Waals surface area contributed by atoms with Crippen LogP contribution in [0, 0.1) is 0 Å². The molecule has 38 heavy (non-hydrogen) atoms. The fourth-order valence-corrected chi connectivity index (χ4v) is 4.62. The van der Waals surface area contributed by atoms with Crippen molar-refractivity contribution in [2.24, 2.45) is 0 Å². The summed E-state index contributed by atoms with van der Waals surface area (Å²) in [6, 6.07) is 36.6. The highest BCUT2D eigenvalue weighted by Crippen LogP contribution is 2.38. The number of imidazole rings is 2. The molecule has 0 unspecified atom stereocenters. The molecule has 0 fully saturated rings. The van der Waals surface area contributed by atoms with Gasteiger partial charge in [-0.2, -0.15) is 0 Å². The first-order valence-corrected chi connectivity index (χ1v) is 12.3. The molecule has 0 saturated carbocycles. The molecule has 186 valence electrons. The molecule has 0 atom stereocenters. The van der Waals surface area contributed by atoms with Crippen molar-refractivity contribution in [1.82, 2.24) is 19.3 Å². The molecule has 0 spiro atoms. The van der Waals surface area contributed by atoms with Crippen molar-refractivity contribution >= 4 is 0 Å². The highest BCUT2D eigenvalue weighted by Gasteiger charge is 2.24. The van der Waals surface area contributed by atoms with E-state index in [4.69, 9.17) is 14.5 Å². The highest BCUT2D eigenvalue weighted by molar-refractivity contribution is 5.83. The summed E-state index contributed by atoms with van der Waals surface area (Å²) in [4.78, 5) is 9.82. The molecule has 2 aromatic heterocycles. The maximum Gasteiger partial charge on any atom is 0.160 e. The molecule has 2 heterocycles. The van der Waals surface area contributed by atoms with Crippen molar-refractivity contribution < 1.29 is 9.47 Å². The Morgan fingerprint density at radius 1 is 0.579 bits per heavy atom. The monoisotopic (exact) mass is 498 g/mol. The van der Waals surface area contributed by atoms with Crippen LogP contribution in [0.15, 0.2) is 122 Å². The zero-order chi connectivity index (χ0) is 25.9. The van der Waals surface area contributed by atoms with E-state index in [1.54, 1.807) is 14.2 Å². The average Bonchev–Trinajstić information content (AvgIpc) is 3.63. The smallest absolute Gasteiger partial charge is 0.160 e. The van der Waals surface area contributed by atoms with Crippen LogP contribution in [0.3, 0.4) is 0 Å². The lowest BCUT2D eigenvalue weighted by Gasteiger charge is -2.17.